The van der Waals surface area contributed by atoms with Gasteiger partial charge in [0, 0.05) is 0 Å². The molecule has 0 heterocycles. The third-order valence-electron chi connectivity index (χ3n) is 2.26. The van der Waals surface area contributed by atoms with Gasteiger partial charge in [-0.1, -0.05) is 60.6 Å². The van der Waals surface area contributed by atoms with E-state index in [1.54, 1.807) is 12.1 Å². The molecule has 0 amide bonds. The summed E-state index contributed by atoms with van der Waals surface area (Å²) in [4.78, 5) is 0. The summed E-state index contributed by atoms with van der Waals surface area (Å²) < 4.78 is 7.40. The highest BCUT2D eigenvalue weighted by molar-refractivity contribution is 5.30. The van der Waals surface area contributed by atoms with E-state index in [1.807, 2.05) is 42.5 Å². The molecule has 0 saturated heterocycles. The molecule has 0 unspecified atom stereocenters. The van der Waals surface area contributed by atoms with Gasteiger partial charge in [0.1, 0.15) is 0 Å². The Morgan fingerprint density at radius 3 is 1.93 bits per heavy atom. The number of hydrogen-bond acceptors (Lipinski definition) is 1. The smallest absolute Gasteiger partial charge is 0.0623 e. The molecule has 0 fully saturated rings. The molecule has 0 aliphatic heterocycles. The Kier molecular flexibility index (Phi) is 2.26. The molecule has 1 nitrogen and oxygen atoms in total. The summed E-state index contributed by atoms with van der Waals surface area (Å²) in [6.45, 7) is 0. The number of rotatable bonds is 2. The predicted molar refractivity (Wildman–Crippen MR) is 58.9 cm³/mol. The molecule has 0 aliphatic rings. The van der Waals surface area contributed by atoms with E-state index in [2.05, 4.69) is 0 Å². The van der Waals surface area contributed by atoms with Crippen molar-refractivity contribution in [2.75, 3.05) is 0 Å². The second kappa shape index (κ2) is 4.07. The van der Waals surface area contributed by atoms with Crippen molar-refractivity contribution in [1.29, 1.82) is 0 Å². The van der Waals surface area contributed by atoms with Crippen molar-refractivity contribution >= 4 is 0 Å². The van der Waals surface area contributed by atoms with E-state index >= 15 is 0 Å². The molecule has 1 heteroatoms. The first-order chi connectivity index (χ1) is 7.27. The molecule has 14 heavy (non-hydrogen) atoms. The average molecular weight is 184 g/mol. The predicted octanol–water partition coefficient (Wildman–Crippen LogP) is 2.73. The molecular formula is C13H13N. The van der Waals surface area contributed by atoms with Crippen LogP contribution in [0.3, 0.4) is 0 Å². The lowest BCUT2D eigenvalue weighted by Gasteiger charge is -2.11. The van der Waals surface area contributed by atoms with Crippen molar-refractivity contribution in [3.05, 3.63) is 71.8 Å². The minimum absolute atomic E-state index is 0.105. The van der Waals surface area contributed by atoms with Gasteiger partial charge in [-0.15, -0.1) is 0 Å². The van der Waals surface area contributed by atoms with Gasteiger partial charge in [-0.25, -0.2) is 0 Å². The fourth-order valence-corrected chi connectivity index (χ4v) is 1.46. The number of benzene rings is 2. The number of nitrogens with two attached hydrogens (primary N) is 1. The number of hydrogen-bond donors (Lipinski definition) is 1. The second-order valence-electron chi connectivity index (χ2n) is 3.22. The summed E-state index contributed by atoms with van der Waals surface area (Å²) in [5, 5.41) is 0. The third-order valence-corrected chi connectivity index (χ3v) is 2.26. The molecule has 2 aromatic carbocycles. The van der Waals surface area contributed by atoms with Crippen LogP contribution in [0.5, 0.6) is 0 Å². The lowest BCUT2D eigenvalue weighted by Crippen LogP contribution is -2.11. The molecule has 2 aromatic rings. The van der Waals surface area contributed by atoms with Crippen molar-refractivity contribution in [2.45, 2.75) is 6.04 Å². The van der Waals surface area contributed by atoms with Crippen molar-refractivity contribution in [2.24, 2.45) is 5.73 Å². The molecular weight excluding hydrogens is 170 g/mol. The molecule has 0 bridgehead atoms. The fourth-order valence-electron chi connectivity index (χ4n) is 1.46. The van der Waals surface area contributed by atoms with Crippen molar-refractivity contribution in [3.63, 3.8) is 0 Å². The van der Waals surface area contributed by atoms with Crippen LogP contribution in [0.4, 0.5) is 0 Å². The summed E-state index contributed by atoms with van der Waals surface area (Å²) in [6, 6.07) is 17.7. The monoisotopic (exact) mass is 184 g/mol. The summed E-state index contributed by atoms with van der Waals surface area (Å²) >= 11 is 0. The first kappa shape index (κ1) is 7.77. The van der Waals surface area contributed by atoms with Gasteiger partial charge in [-0.3, -0.25) is 0 Å². The van der Waals surface area contributed by atoms with E-state index in [-0.39, 0.29) is 6.04 Å². The van der Waals surface area contributed by atoms with Crippen molar-refractivity contribution in [3.8, 4) is 0 Å². The minimum Gasteiger partial charge on any atom is -0.320 e. The van der Waals surface area contributed by atoms with Crippen LogP contribution in [-0.2, 0) is 0 Å². The van der Waals surface area contributed by atoms with Crippen LogP contribution in [0.15, 0.2) is 60.6 Å². The maximum absolute atomic E-state index is 7.40. The SMILES string of the molecule is [2H]c1ccc([C@@H](N)c2ccccc2)cc1. The first-order valence-electron chi connectivity index (χ1n) is 5.14. The maximum atomic E-state index is 7.40. The van der Waals surface area contributed by atoms with E-state index < -0.39 is 0 Å². The van der Waals surface area contributed by atoms with Gasteiger partial charge in [0.15, 0.2) is 0 Å². The summed E-state index contributed by atoms with van der Waals surface area (Å²) in [5.41, 5.74) is 8.24. The van der Waals surface area contributed by atoms with E-state index in [0.717, 1.165) is 11.1 Å². The third kappa shape index (κ3) is 1.83. The van der Waals surface area contributed by atoms with Gasteiger partial charge in [0.2, 0.25) is 0 Å². The molecule has 2 N–H and O–H groups in total. The lowest BCUT2D eigenvalue weighted by molar-refractivity contribution is 0.871. The van der Waals surface area contributed by atoms with Gasteiger partial charge < -0.3 is 5.73 Å². The molecule has 0 aliphatic carbocycles. The second-order valence-corrected chi connectivity index (χ2v) is 3.22. The highest BCUT2D eigenvalue weighted by atomic mass is 14.6. The van der Waals surface area contributed by atoms with E-state index in [0.29, 0.717) is 6.04 Å². The molecule has 70 valence electrons. The Morgan fingerprint density at radius 2 is 1.36 bits per heavy atom. The van der Waals surface area contributed by atoms with Crippen LogP contribution in [0.1, 0.15) is 18.5 Å². The van der Waals surface area contributed by atoms with Crippen LogP contribution >= 0.6 is 0 Å². The highest BCUT2D eigenvalue weighted by Crippen LogP contribution is 2.18. The van der Waals surface area contributed by atoms with Gasteiger partial charge >= 0.3 is 0 Å². The van der Waals surface area contributed by atoms with Crippen LogP contribution < -0.4 is 5.73 Å². The van der Waals surface area contributed by atoms with Gasteiger partial charge in [0.05, 0.1) is 7.41 Å². The molecule has 0 aromatic heterocycles. The zero-order valence-electron chi connectivity index (χ0n) is 8.85. The topological polar surface area (TPSA) is 26.0 Å². The van der Waals surface area contributed by atoms with Crippen molar-refractivity contribution in [1.82, 2.24) is 0 Å². The highest BCUT2D eigenvalue weighted by Gasteiger charge is 2.06. The summed E-state index contributed by atoms with van der Waals surface area (Å²) in [7, 11) is 0. The molecule has 2 rings (SSSR count). The van der Waals surface area contributed by atoms with E-state index in [1.165, 1.54) is 0 Å². The van der Waals surface area contributed by atoms with Crippen LogP contribution in [0.25, 0.3) is 0 Å². The first-order valence-corrected chi connectivity index (χ1v) is 4.64. The molecule has 0 radical (unpaired) electrons. The summed E-state index contributed by atoms with van der Waals surface area (Å²) in [5.74, 6) is 0. The van der Waals surface area contributed by atoms with Gasteiger partial charge in [0.25, 0.3) is 0 Å². The largest absolute Gasteiger partial charge is 0.320 e. The molecule has 1 atom stereocenters. The quantitative estimate of drug-likeness (QED) is 0.763. The summed E-state index contributed by atoms with van der Waals surface area (Å²) in [6.07, 6.45) is 0. The average Bonchev–Trinajstić information content (AvgIpc) is 2.30. The fraction of sp³-hybridized carbons (Fsp3) is 0.0769. The van der Waals surface area contributed by atoms with Crippen LogP contribution in [0, 0.1) is 0 Å². The lowest BCUT2D eigenvalue weighted by atomic mass is 10.00. The Balaban J connectivity index is 2.29. The molecule has 0 saturated carbocycles. The van der Waals surface area contributed by atoms with Gasteiger partial charge in [-0.05, 0) is 11.1 Å². The standard InChI is InChI=1S/C13H13N/c14-13(11-7-3-1-4-8-11)12-9-5-2-6-10-12/h1-10,13H,14H2/i1D/t13-/m1/s1. The zero-order chi connectivity index (χ0) is 10.7. The molecule has 0 spiro atoms. The Hall–Kier alpha value is -1.60. The van der Waals surface area contributed by atoms with E-state index in [9.17, 15) is 0 Å². The van der Waals surface area contributed by atoms with Crippen molar-refractivity contribution < 1.29 is 1.37 Å². The Labute approximate surface area is 85.6 Å². The Bertz CT molecular complexity index is 422. The van der Waals surface area contributed by atoms with Crippen LogP contribution in [-0.4, -0.2) is 0 Å². The normalized spacial score (nSPS) is 13.4. The zero-order valence-corrected chi connectivity index (χ0v) is 7.85. The van der Waals surface area contributed by atoms with Gasteiger partial charge in [-0.2, -0.15) is 0 Å². The van der Waals surface area contributed by atoms with Crippen LogP contribution in [0.2, 0.25) is 0 Å². The van der Waals surface area contributed by atoms with E-state index in [4.69, 9.17) is 7.10 Å². The Morgan fingerprint density at radius 1 is 0.857 bits per heavy atom. The minimum atomic E-state index is -0.105. The maximum Gasteiger partial charge on any atom is 0.0623 e.